The van der Waals surface area contributed by atoms with Gasteiger partial charge in [-0.3, -0.25) is 19.7 Å². The lowest BCUT2D eigenvalue weighted by Gasteiger charge is -2.12. The van der Waals surface area contributed by atoms with Crippen molar-refractivity contribution in [3.63, 3.8) is 0 Å². The summed E-state index contributed by atoms with van der Waals surface area (Å²) in [6.45, 7) is 2.72. The fraction of sp³-hybridized carbons (Fsp3) is 0.333. The molecule has 154 valence electrons. The molecule has 0 aliphatic carbocycles. The zero-order valence-electron chi connectivity index (χ0n) is 16.5. The van der Waals surface area contributed by atoms with Crippen molar-refractivity contribution < 1.29 is 23.9 Å². The summed E-state index contributed by atoms with van der Waals surface area (Å²) >= 11 is 0. The first-order chi connectivity index (χ1) is 13.9. The number of benzene rings is 2. The van der Waals surface area contributed by atoms with Crippen molar-refractivity contribution in [1.82, 2.24) is 16.0 Å². The Morgan fingerprint density at radius 1 is 1.00 bits per heavy atom. The van der Waals surface area contributed by atoms with E-state index in [0.717, 1.165) is 22.8 Å². The molecule has 0 aromatic heterocycles. The van der Waals surface area contributed by atoms with E-state index in [1.807, 2.05) is 49.4 Å². The molecule has 8 nitrogen and oxygen atoms in total. The van der Waals surface area contributed by atoms with Gasteiger partial charge >= 0.3 is 12.0 Å². The minimum atomic E-state index is -0.770. The minimum Gasteiger partial charge on any atom is -0.454 e. The van der Waals surface area contributed by atoms with E-state index in [1.165, 1.54) is 0 Å². The van der Waals surface area contributed by atoms with Gasteiger partial charge in [-0.15, -0.1) is 0 Å². The van der Waals surface area contributed by atoms with Crippen LogP contribution >= 0.6 is 0 Å². The van der Waals surface area contributed by atoms with Crippen LogP contribution in [0.15, 0.2) is 42.5 Å². The SMILES string of the molecule is CC[C@H](C)NC(=O)NC(=O)COC(=O)CNC(=O)Cc1cccc2ccccc12. The van der Waals surface area contributed by atoms with E-state index in [2.05, 4.69) is 16.0 Å². The Labute approximate surface area is 169 Å². The number of hydrogen-bond donors (Lipinski definition) is 3. The molecule has 0 radical (unpaired) electrons. The fourth-order valence-corrected chi connectivity index (χ4v) is 2.57. The molecule has 29 heavy (non-hydrogen) atoms. The van der Waals surface area contributed by atoms with Crippen molar-refractivity contribution in [3.8, 4) is 0 Å². The monoisotopic (exact) mass is 399 g/mol. The first-order valence-electron chi connectivity index (χ1n) is 9.38. The molecule has 2 rings (SSSR count). The number of fused-ring (bicyclic) bond motifs is 1. The summed E-state index contributed by atoms with van der Waals surface area (Å²) in [5.74, 6) is -1.86. The van der Waals surface area contributed by atoms with Crippen LogP contribution in [0.25, 0.3) is 10.8 Å². The highest BCUT2D eigenvalue weighted by molar-refractivity contribution is 5.96. The van der Waals surface area contributed by atoms with Gasteiger partial charge in [0.1, 0.15) is 6.54 Å². The Balaban J connectivity index is 1.72. The van der Waals surface area contributed by atoms with E-state index in [1.54, 1.807) is 6.92 Å². The van der Waals surface area contributed by atoms with Gasteiger partial charge < -0.3 is 15.4 Å². The lowest BCUT2D eigenvalue weighted by atomic mass is 10.0. The highest BCUT2D eigenvalue weighted by Gasteiger charge is 2.13. The summed E-state index contributed by atoms with van der Waals surface area (Å²) in [5.41, 5.74) is 0.848. The number of hydrogen-bond acceptors (Lipinski definition) is 5. The van der Waals surface area contributed by atoms with Crippen LogP contribution in [0.4, 0.5) is 4.79 Å². The third kappa shape index (κ3) is 7.25. The number of amides is 4. The smallest absolute Gasteiger partial charge is 0.325 e. The van der Waals surface area contributed by atoms with Crippen molar-refractivity contribution in [2.24, 2.45) is 0 Å². The molecular formula is C21H25N3O5. The lowest BCUT2D eigenvalue weighted by molar-refractivity contribution is -0.148. The second-order valence-electron chi connectivity index (χ2n) is 6.58. The molecule has 0 aliphatic rings. The zero-order valence-corrected chi connectivity index (χ0v) is 16.5. The van der Waals surface area contributed by atoms with Crippen LogP contribution in [-0.2, 0) is 25.5 Å². The van der Waals surface area contributed by atoms with E-state index in [0.29, 0.717) is 0 Å². The van der Waals surface area contributed by atoms with Crippen molar-refractivity contribution in [2.75, 3.05) is 13.2 Å². The largest absolute Gasteiger partial charge is 0.454 e. The first kappa shape index (κ1) is 21.9. The number of esters is 1. The number of nitrogens with one attached hydrogen (secondary N) is 3. The normalized spacial score (nSPS) is 11.4. The average Bonchev–Trinajstić information content (AvgIpc) is 2.70. The summed E-state index contributed by atoms with van der Waals surface area (Å²) in [4.78, 5) is 46.9. The first-order valence-corrected chi connectivity index (χ1v) is 9.38. The summed E-state index contributed by atoms with van der Waals surface area (Å²) in [6, 6.07) is 12.7. The van der Waals surface area contributed by atoms with Crippen molar-refractivity contribution in [2.45, 2.75) is 32.7 Å². The second-order valence-corrected chi connectivity index (χ2v) is 6.58. The van der Waals surface area contributed by atoms with Gasteiger partial charge in [-0.1, -0.05) is 49.4 Å². The van der Waals surface area contributed by atoms with Crippen LogP contribution in [-0.4, -0.2) is 43.0 Å². The Hall–Kier alpha value is -3.42. The second kappa shape index (κ2) is 10.8. The topological polar surface area (TPSA) is 114 Å². The summed E-state index contributed by atoms with van der Waals surface area (Å²) in [6.07, 6.45) is 0.833. The molecule has 0 heterocycles. The highest BCUT2D eigenvalue weighted by atomic mass is 16.5. The predicted molar refractivity (Wildman–Crippen MR) is 108 cm³/mol. The Bertz CT molecular complexity index is 892. The molecule has 0 bridgehead atoms. The number of urea groups is 1. The summed E-state index contributed by atoms with van der Waals surface area (Å²) in [5, 5.41) is 9.09. The molecule has 0 aliphatic heterocycles. The molecule has 0 spiro atoms. The Morgan fingerprint density at radius 3 is 2.48 bits per heavy atom. The Morgan fingerprint density at radius 2 is 1.72 bits per heavy atom. The predicted octanol–water partition coefficient (Wildman–Crippen LogP) is 1.67. The van der Waals surface area contributed by atoms with E-state index < -0.39 is 24.5 Å². The Kier molecular flexibility index (Phi) is 8.14. The molecule has 3 N–H and O–H groups in total. The molecular weight excluding hydrogens is 374 g/mol. The fourth-order valence-electron chi connectivity index (χ4n) is 2.57. The minimum absolute atomic E-state index is 0.0812. The maximum Gasteiger partial charge on any atom is 0.325 e. The molecule has 1 atom stereocenters. The quantitative estimate of drug-likeness (QED) is 0.584. The molecule has 0 saturated carbocycles. The third-order valence-electron chi connectivity index (χ3n) is 4.27. The molecule has 8 heteroatoms. The van der Waals surface area contributed by atoms with Crippen LogP contribution in [0, 0.1) is 0 Å². The van der Waals surface area contributed by atoms with Gasteiger partial charge in [0, 0.05) is 6.04 Å². The maximum absolute atomic E-state index is 12.1. The van der Waals surface area contributed by atoms with Gasteiger partial charge in [0.25, 0.3) is 5.91 Å². The lowest BCUT2D eigenvalue weighted by Crippen LogP contribution is -2.45. The van der Waals surface area contributed by atoms with Crippen molar-refractivity contribution in [1.29, 1.82) is 0 Å². The molecule has 2 aromatic carbocycles. The number of carbonyl (C=O) groups is 4. The summed E-state index contributed by atoms with van der Waals surface area (Å²) in [7, 11) is 0. The number of ether oxygens (including phenoxy) is 1. The van der Waals surface area contributed by atoms with E-state index in [-0.39, 0.29) is 24.9 Å². The van der Waals surface area contributed by atoms with Crippen LogP contribution in [0.2, 0.25) is 0 Å². The molecule has 4 amide bonds. The van der Waals surface area contributed by atoms with Crippen LogP contribution < -0.4 is 16.0 Å². The van der Waals surface area contributed by atoms with Gasteiger partial charge in [-0.25, -0.2) is 4.79 Å². The third-order valence-corrected chi connectivity index (χ3v) is 4.27. The van der Waals surface area contributed by atoms with E-state index >= 15 is 0 Å². The van der Waals surface area contributed by atoms with Gasteiger partial charge in [0.2, 0.25) is 5.91 Å². The molecule has 0 saturated heterocycles. The van der Waals surface area contributed by atoms with Crippen LogP contribution in [0.5, 0.6) is 0 Å². The molecule has 0 fully saturated rings. The standard InChI is InChI=1S/C21H25N3O5/c1-3-14(2)23-21(28)24-19(26)13-29-20(27)12-22-18(25)11-16-9-6-8-15-7-4-5-10-17(15)16/h4-10,14H,3,11-13H2,1-2H3,(H,22,25)(H2,23,24,26,28)/t14-/m0/s1. The van der Waals surface area contributed by atoms with Crippen molar-refractivity contribution in [3.05, 3.63) is 48.0 Å². The molecule has 2 aromatic rings. The van der Waals surface area contributed by atoms with Gasteiger partial charge in [0.15, 0.2) is 6.61 Å². The van der Waals surface area contributed by atoms with E-state index in [4.69, 9.17) is 4.74 Å². The number of imide groups is 1. The zero-order chi connectivity index (χ0) is 21.2. The number of carbonyl (C=O) groups excluding carboxylic acids is 4. The molecule has 0 unspecified atom stereocenters. The van der Waals surface area contributed by atoms with Gasteiger partial charge in [-0.2, -0.15) is 0 Å². The van der Waals surface area contributed by atoms with Crippen LogP contribution in [0.3, 0.4) is 0 Å². The maximum atomic E-state index is 12.1. The van der Waals surface area contributed by atoms with Gasteiger partial charge in [0.05, 0.1) is 6.42 Å². The van der Waals surface area contributed by atoms with Crippen LogP contribution in [0.1, 0.15) is 25.8 Å². The average molecular weight is 399 g/mol. The highest BCUT2D eigenvalue weighted by Crippen LogP contribution is 2.18. The number of rotatable bonds is 8. The summed E-state index contributed by atoms with van der Waals surface area (Å²) < 4.78 is 4.76. The van der Waals surface area contributed by atoms with Crippen molar-refractivity contribution >= 4 is 34.6 Å². The van der Waals surface area contributed by atoms with Gasteiger partial charge in [-0.05, 0) is 29.7 Å². The van der Waals surface area contributed by atoms with E-state index in [9.17, 15) is 19.2 Å².